The minimum Gasteiger partial charge on any atom is -0.481 e. The third-order valence-electron chi connectivity index (χ3n) is 1.65. The Hall–Kier alpha value is -0.390. The highest BCUT2D eigenvalue weighted by atomic mass is 79.9. The Morgan fingerprint density at radius 2 is 2.31 bits per heavy atom. The minimum atomic E-state index is -0.886. The van der Waals surface area contributed by atoms with Gasteiger partial charge in [0.1, 0.15) is 0 Å². The van der Waals surface area contributed by atoms with Crippen molar-refractivity contribution in [2.24, 2.45) is 0 Å². The average molecular weight is 265 g/mol. The second kappa shape index (κ2) is 4.74. The summed E-state index contributed by atoms with van der Waals surface area (Å²) in [6.07, 6.45) is 0.266. The molecule has 0 aliphatic heterocycles. The van der Waals surface area contributed by atoms with Crippen LogP contribution >= 0.6 is 27.3 Å². The summed E-state index contributed by atoms with van der Waals surface area (Å²) in [4.78, 5) is 11.6. The summed E-state index contributed by atoms with van der Waals surface area (Å²) in [5.41, 5.74) is 0. The topological polar surface area (TPSA) is 57.5 Å². The molecule has 0 fully saturated rings. The zero-order valence-corrected chi connectivity index (χ0v) is 9.14. The number of carboxylic acids is 1. The number of carbonyl (C=O) groups is 1. The first kappa shape index (κ1) is 10.7. The van der Waals surface area contributed by atoms with Crippen LogP contribution in [-0.4, -0.2) is 22.8 Å². The van der Waals surface area contributed by atoms with Gasteiger partial charge in [0.15, 0.2) is 0 Å². The molecule has 0 saturated heterocycles. The highest BCUT2D eigenvalue weighted by Crippen LogP contribution is 2.30. The van der Waals surface area contributed by atoms with Gasteiger partial charge in [-0.05, 0) is 34.5 Å². The summed E-state index contributed by atoms with van der Waals surface area (Å²) >= 11 is 4.65. The summed E-state index contributed by atoms with van der Waals surface area (Å²) in [6.45, 7) is -0.105. The van der Waals surface area contributed by atoms with E-state index in [0.717, 1.165) is 8.66 Å². The number of thiophene rings is 1. The lowest BCUT2D eigenvalue weighted by Gasteiger charge is -2.07. The lowest BCUT2D eigenvalue weighted by atomic mass is 10.1. The molecule has 0 aromatic carbocycles. The fourth-order valence-electron chi connectivity index (χ4n) is 1.03. The molecule has 0 aliphatic rings. The number of aliphatic carboxylic acids is 1. The first-order valence-corrected chi connectivity index (χ1v) is 5.35. The second-order valence-corrected chi connectivity index (χ2v) is 5.04. The van der Waals surface area contributed by atoms with Crippen LogP contribution in [0.2, 0.25) is 0 Å². The molecule has 1 aromatic rings. The molecule has 0 amide bonds. The Kier molecular flexibility index (Phi) is 3.90. The van der Waals surface area contributed by atoms with Crippen molar-refractivity contribution in [2.45, 2.75) is 12.3 Å². The van der Waals surface area contributed by atoms with Crippen LogP contribution in [-0.2, 0) is 4.79 Å². The zero-order chi connectivity index (χ0) is 9.84. The van der Waals surface area contributed by atoms with E-state index in [-0.39, 0.29) is 13.0 Å². The predicted octanol–water partition coefficient (Wildman–Crippen LogP) is 2.06. The number of rotatable bonds is 4. The standard InChI is InChI=1S/C8H9BrO3S/c9-7-2-1-6(13-7)5(3-4-10)8(11)12/h1-2,5,10H,3-4H2,(H,11,12). The van der Waals surface area contributed by atoms with Gasteiger partial charge < -0.3 is 10.2 Å². The van der Waals surface area contributed by atoms with Gasteiger partial charge in [0, 0.05) is 11.5 Å². The molecular weight excluding hydrogens is 256 g/mol. The van der Waals surface area contributed by atoms with Crippen molar-refractivity contribution in [1.29, 1.82) is 0 Å². The molecule has 1 aromatic heterocycles. The van der Waals surface area contributed by atoms with Gasteiger partial charge in [0.2, 0.25) is 0 Å². The molecule has 13 heavy (non-hydrogen) atoms. The first-order valence-electron chi connectivity index (χ1n) is 3.74. The van der Waals surface area contributed by atoms with Gasteiger partial charge in [-0.2, -0.15) is 0 Å². The van der Waals surface area contributed by atoms with Gasteiger partial charge in [-0.3, -0.25) is 4.79 Å². The van der Waals surface area contributed by atoms with E-state index in [1.54, 1.807) is 6.07 Å². The molecule has 0 aliphatic carbocycles. The average Bonchev–Trinajstić information content (AvgIpc) is 2.46. The van der Waals surface area contributed by atoms with E-state index in [1.807, 2.05) is 6.07 Å². The molecule has 1 rings (SSSR count). The van der Waals surface area contributed by atoms with Crippen molar-refractivity contribution in [1.82, 2.24) is 0 Å². The van der Waals surface area contributed by atoms with Gasteiger partial charge in [0.05, 0.1) is 9.70 Å². The van der Waals surface area contributed by atoms with E-state index >= 15 is 0 Å². The van der Waals surface area contributed by atoms with Crippen LogP contribution in [0.5, 0.6) is 0 Å². The number of carboxylic acid groups (broad SMARTS) is 1. The van der Waals surface area contributed by atoms with Crippen LogP contribution in [0.15, 0.2) is 15.9 Å². The largest absolute Gasteiger partial charge is 0.481 e. The molecule has 1 unspecified atom stereocenters. The van der Waals surface area contributed by atoms with E-state index in [1.165, 1.54) is 11.3 Å². The van der Waals surface area contributed by atoms with Crippen molar-refractivity contribution < 1.29 is 15.0 Å². The minimum absolute atomic E-state index is 0.105. The molecule has 0 bridgehead atoms. The maximum Gasteiger partial charge on any atom is 0.311 e. The van der Waals surface area contributed by atoms with Crippen molar-refractivity contribution in [2.75, 3.05) is 6.61 Å². The molecular formula is C8H9BrO3S. The number of aliphatic hydroxyl groups is 1. The van der Waals surface area contributed by atoms with E-state index in [4.69, 9.17) is 10.2 Å². The Bertz CT molecular complexity index is 297. The Balaban J connectivity index is 2.81. The van der Waals surface area contributed by atoms with Crippen molar-refractivity contribution in [3.05, 3.63) is 20.8 Å². The van der Waals surface area contributed by atoms with Crippen molar-refractivity contribution >= 4 is 33.2 Å². The van der Waals surface area contributed by atoms with Crippen LogP contribution in [0.1, 0.15) is 17.2 Å². The van der Waals surface area contributed by atoms with Gasteiger partial charge in [-0.25, -0.2) is 0 Å². The predicted molar refractivity (Wildman–Crippen MR) is 54.1 cm³/mol. The normalized spacial score (nSPS) is 12.8. The summed E-state index contributed by atoms with van der Waals surface area (Å²) < 4.78 is 0.909. The van der Waals surface area contributed by atoms with Gasteiger partial charge in [-0.1, -0.05) is 0 Å². The number of aliphatic hydroxyl groups excluding tert-OH is 1. The Labute approximate surface area is 88.1 Å². The van der Waals surface area contributed by atoms with Crippen molar-refractivity contribution in [3.8, 4) is 0 Å². The molecule has 1 atom stereocenters. The molecule has 2 N–H and O–H groups in total. The fourth-order valence-corrected chi connectivity index (χ4v) is 2.58. The summed E-state index contributed by atoms with van der Waals surface area (Å²) in [7, 11) is 0. The van der Waals surface area contributed by atoms with Gasteiger partial charge in [0.25, 0.3) is 0 Å². The summed E-state index contributed by atoms with van der Waals surface area (Å²) in [5, 5.41) is 17.5. The first-order chi connectivity index (χ1) is 6.15. The maximum atomic E-state index is 10.8. The molecule has 0 radical (unpaired) electrons. The SMILES string of the molecule is O=C(O)C(CCO)c1ccc(Br)s1. The van der Waals surface area contributed by atoms with Crippen LogP contribution in [0.25, 0.3) is 0 Å². The number of halogens is 1. The van der Waals surface area contributed by atoms with E-state index in [0.29, 0.717) is 0 Å². The van der Waals surface area contributed by atoms with E-state index in [9.17, 15) is 4.79 Å². The van der Waals surface area contributed by atoms with E-state index in [2.05, 4.69) is 15.9 Å². The van der Waals surface area contributed by atoms with Crippen LogP contribution in [0.4, 0.5) is 0 Å². The smallest absolute Gasteiger partial charge is 0.311 e. The number of hydrogen-bond acceptors (Lipinski definition) is 3. The molecule has 5 heteroatoms. The third kappa shape index (κ3) is 2.79. The molecule has 0 spiro atoms. The fraction of sp³-hybridized carbons (Fsp3) is 0.375. The molecule has 0 saturated carbocycles. The van der Waals surface area contributed by atoms with Crippen LogP contribution < -0.4 is 0 Å². The lowest BCUT2D eigenvalue weighted by Crippen LogP contribution is -2.11. The summed E-state index contributed by atoms with van der Waals surface area (Å²) in [6, 6.07) is 3.58. The van der Waals surface area contributed by atoms with Gasteiger partial charge in [-0.15, -0.1) is 11.3 Å². The third-order valence-corrected chi connectivity index (χ3v) is 3.39. The van der Waals surface area contributed by atoms with Crippen molar-refractivity contribution in [3.63, 3.8) is 0 Å². The maximum absolute atomic E-state index is 10.8. The van der Waals surface area contributed by atoms with Gasteiger partial charge >= 0.3 is 5.97 Å². The Morgan fingerprint density at radius 1 is 1.62 bits per heavy atom. The summed E-state index contributed by atoms with van der Waals surface area (Å²) in [5.74, 6) is -1.47. The van der Waals surface area contributed by atoms with Crippen LogP contribution in [0.3, 0.4) is 0 Å². The van der Waals surface area contributed by atoms with Crippen LogP contribution in [0, 0.1) is 0 Å². The lowest BCUT2D eigenvalue weighted by molar-refractivity contribution is -0.139. The molecule has 72 valence electrons. The van der Waals surface area contributed by atoms with E-state index < -0.39 is 11.9 Å². The second-order valence-electron chi connectivity index (χ2n) is 2.54. The monoisotopic (exact) mass is 264 g/mol. The highest BCUT2D eigenvalue weighted by molar-refractivity contribution is 9.11. The zero-order valence-electron chi connectivity index (χ0n) is 6.74. The molecule has 3 nitrogen and oxygen atoms in total. The quantitative estimate of drug-likeness (QED) is 0.876. The Morgan fingerprint density at radius 3 is 2.69 bits per heavy atom. The highest BCUT2D eigenvalue weighted by Gasteiger charge is 2.20. The number of hydrogen-bond donors (Lipinski definition) is 2. The molecule has 1 heterocycles.